The lowest BCUT2D eigenvalue weighted by Gasteiger charge is -2.36. The molecule has 0 aliphatic rings. The molecule has 2 N–H and O–H groups in total. The van der Waals surface area contributed by atoms with Gasteiger partial charge in [-0.3, -0.25) is 0 Å². The number of hydrogen-bond acceptors (Lipinski definition) is 8. The summed E-state index contributed by atoms with van der Waals surface area (Å²) in [4.78, 5) is 27.9. The van der Waals surface area contributed by atoms with E-state index in [1.54, 1.807) is 53.7 Å². The molecule has 3 aromatic rings. The van der Waals surface area contributed by atoms with E-state index in [2.05, 4.69) is 25.9 Å². The molecule has 1 aromatic heterocycles. The second-order valence-electron chi connectivity index (χ2n) is 13.8. The van der Waals surface area contributed by atoms with E-state index in [0.29, 0.717) is 15.4 Å². The van der Waals surface area contributed by atoms with Gasteiger partial charge in [-0.25, -0.2) is 9.59 Å². The lowest BCUT2D eigenvalue weighted by atomic mass is 10.1. The largest absolute Gasteiger partial charge is 0.492 e. The Morgan fingerprint density at radius 2 is 1.57 bits per heavy atom. The standard InChI is InChI=1S/C34H48ClF3N4O6Si/c1-10-49(11-2,12-3)48-28(22-13-16-25(35)26(39)19-22)21-41(30(43)46-32(4,5)6)17-18-45-23-14-15-24-27(20-23)42(31(44)47-33(7,8)9)40-29(24)34(36,37)38/h13-16,19-20,28H,10-12,17-18,21,39H2,1-9H3/t28-/m0/s1. The average molecular weight is 729 g/mol. The number of anilines is 1. The smallest absolute Gasteiger partial charge is 0.435 e. The number of carbonyl (C=O) groups excluding carboxylic acids is 2. The Kier molecular flexibility index (Phi) is 12.7. The number of halogens is 4. The molecule has 1 atom stereocenters. The summed E-state index contributed by atoms with van der Waals surface area (Å²) in [5, 5.41) is 3.65. The molecule has 0 fully saturated rings. The first kappa shape index (κ1) is 39.9. The van der Waals surface area contributed by atoms with Crippen LogP contribution in [0.4, 0.5) is 28.4 Å². The van der Waals surface area contributed by atoms with Crippen LogP contribution in [0.25, 0.3) is 10.9 Å². The highest BCUT2D eigenvalue weighted by Gasteiger charge is 2.39. The summed E-state index contributed by atoms with van der Waals surface area (Å²) in [5.41, 5.74) is 4.16. The third-order valence-electron chi connectivity index (χ3n) is 7.87. The third-order valence-corrected chi connectivity index (χ3v) is 12.9. The van der Waals surface area contributed by atoms with Gasteiger partial charge in [0.2, 0.25) is 0 Å². The number of amides is 1. The number of hydrogen-bond donors (Lipinski definition) is 1. The fourth-order valence-electron chi connectivity index (χ4n) is 5.17. The molecular weight excluding hydrogens is 681 g/mol. The number of aromatic nitrogens is 2. The number of nitrogens with zero attached hydrogens (tertiary/aromatic N) is 3. The van der Waals surface area contributed by atoms with Crippen LogP contribution in [0.5, 0.6) is 5.75 Å². The van der Waals surface area contributed by atoms with Gasteiger partial charge in [0.1, 0.15) is 23.6 Å². The van der Waals surface area contributed by atoms with Crippen LogP contribution in [-0.2, 0) is 20.1 Å². The molecular formula is C34H48ClF3N4O6Si. The monoisotopic (exact) mass is 728 g/mol. The van der Waals surface area contributed by atoms with Crippen LogP contribution < -0.4 is 10.5 Å². The number of alkyl halides is 3. The zero-order valence-corrected chi connectivity index (χ0v) is 31.4. The predicted octanol–water partition coefficient (Wildman–Crippen LogP) is 9.45. The highest BCUT2D eigenvalue weighted by atomic mass is 35.5. The Labute approximate surface area is 292 Å². The quantitative estimate of drug-likeness (QED) is 0.145. The van der Waals surface area contributed by atoms with Crippen molar-refractivity contribution in [3.05, 3.63) is 52.7 Å². The molecule has 0 saturated heterocycles. The molecule has 2 aromatic carbocycles. The minimum absolute atomic E-state index is 0.0357. The Hall–Kier alpha value is -3.49. The van der Waals surface area contributed by atoms with E-state index in [0.717, 1.165) is 23.7 Å². The highest BCUT2D eigenvalue weighted by Crippen LogP contribution is 2.36. The normalized spacial score (nSPS) is 13.3. The van der Waals surface area contributed by atoms with Gasteiger partial charge in [-0.2, -0.15) is 23.0 Å². The van der Waals surface area contributed by atoms with Crippen molar-refractivity contribution in [1.82, 2.24) is 14.7 Å². The van der Waals surface area contributed by atoms with Crippen LogP contribution >= 0.6 is 11.6 Å². The minimum Gasteiger partial charge on any atom is -0.492 e. The van der Waals surface area contributed by atoms with Crippen molar-refractivity contribution in [3.8, 4) is 5.75 Å². The molecule has 1 heterocycles. The summed E-state index contributed by atoms with van der Waals surface area (Å²) in [6.07, 6.45) is -7.04. The maximum Gasteiger partial charge on any atom is 0.435 e. The molecule has 0 spiro atoms. The molecule has 15 heteroatoms. The zero-order valence-electron chi connectivity index (χ0n) is 29.7. The fraction of sp³-hybridized carbons (Fsp3) is 0.559. The van der Waals surface area contributed by atoms with Crippen LogP contribution in [0.3, 0.4) is 0 Å². The van der Waals surface area contributed by atoms with Crippen LogP contribution in [0.2, 0.25) is 23.2 Å². The Balaban J connectivity index is 1.95. The first-order chi connectivity index (χ1) is 22.6. The van der Waals surface area contributed by atoms with Gasteiger partial charge >= 0.3 is 18.4 Å². The maximum atomic E-state index is 13.8. The number of benzene rings is 2. The predicted molar refractivity (Wildman–Crippen MR) is 187 cm³/mol. The van der Waals surface area contributed by atoms with E-state index in [-0.39, 0.29) is 36.3 Å². The molecule has 0 bridgehead atoms. The van der Waals surface area contributed by atoms with E-state index in [4.69, 9.17) is 36.0 Å². The van der Waals surface area contributed by atoms with Crippen molar-refractivity contribution in [2.45, 2.75) is 104 Å². The lowest BCUT2D eigenvalue weighted by molar-refractivity contribution is -0.140. The number of rotatable bonds is 12. The van der Waals surface area contributed by atoms with Crippen molar-refractivity contribution in [2.75, 3.05) is 25.4 Å². The third kappa shape index (κ3) is 10.7. The maximum absolute atomic E-state index is 13.8. The van der Waals surface area contributed by atoms with Crippen LogP contribution in [0.15, 0.2) is 36.4 Å². The number of nitrogen functional groups attached to an aromatic ring is 1. The van der Waals surface area contributed by atoms with Crippen LogP contribution in [-0.4, -0.2) is 66.1 Å². The number of ether oxygens (including phenoxy) is 3. The SMILES string of the molecule is CC[Si](CC)(CC)O[C@@H](CN(CCOc1ccc2c(C(F)(F)F)nn(C(=O)OC(C)(C)C)c2c1)C(=O)OC(C)(C)C)c1ccc(Cl)c(N)c1. The van der Waals surface area contributed by atoms with Crippen molar-refractivity contribution >= 4 is 48.7 Å². The Morgan fingerprint density at radius 3 is 2.10 bits per heavy atom. The van der Waals surface area contributed by atoms with Gasteiger partial charge in [0.25, 0.3) is 0 Å². The summed E-state index contributed by atoms with van der Waals surface area (Å²) in [6.45, 7) is 16.5. The summed E-state index contributed by atoms with van der Waals surface area (Å²) in [5.74, 6) is 0.155. The van der Waals surface area contributed by atoms with E-state index in [9.17, 15) is 22.8 Å². The lowest BCUT2D eigenvalue weighted by Crippen LogP contribution is -2.45. The minimum atomic E-state index is -4.82. The molecule has 0 saturated carbocycles. The van der Waals surface area contributed by atoms with E-state index < -0.39 is 49.7 Å². The fourth-order valence-corrected chi connectivity index (χ4v) is 8.10. The first-order valence-electron chi connectivity index (χ1n) is 16.3. The first-order valence-corrected chi connectivity index (χ1v) is 19.2. The number of fused-ring (bicyclic) bond motifs is 1. The molecule has 3 rings (SSSR count). The zero-order chi connectivity index (χ0) is 36.9. The Bertz CT molecular complexity index is 1610. The highest BCUT2D eigenvalue weighted by molar-refractivity contribution is 6.73. The van der Waals surface area contributed by atoms with Crippen molar-refractivity contribution in [2.24, 2.45) is 0 Å². The van der Waals surface area contributed by atoms with Gasteiger partial charge in [0.05, 0.1) is 35.4 Å². The molecule has 0 aliphatic heterocycles. The second kappa shape index (κ2) is 15.6. The van der Waals surface area contributed by atoms with Gasteiger partial charge in [0.15, 0.2) is 14.0 Å². The van der Waals surface area contributed by atoms with Gasteiger partial charge in [-0.15, -0.1) is 0 Å². The summed E-state index contributed by atoms with van der Waals surface area (Å²) >= 11 is 6.23. The molecule has 1 amide bonds. The average Bonchev–Trinajstić information content (AvgIpc) is 3.38. The topological polar surface area (TPSA) is 118 Å². The van der Waals surface area contributed by atoms with Gasteiger partial charge in [-0.1, -0.05) is 38.4 Å². The van der Waals surface area contributed by atoms with Crippen molar-refractivity contribution < 1.29 is 41.4 Å². The van der Waals surface area contributed by atoms with Crippen molar-refractivity contribution in [1.29, 1.82) is 0 Å². The van der Waals surface area contributed by atoms with Crippen LogP contribution in [0.1, 0.15) is 79.7 Å². The molecule has 10 nitrogen and oxygen atoms in total. The van der Waals surface area contributed by atoms with E-state index >= 15 is 0 Å². The van der Waals surface area contributed by atoms with E-state index in [1.165, 1.54) is 23.1 Å². The summed E-state index contributed by atoms with van der Waals surface area (Å²) in [7, 11) is -2.20. The van der Waals surface area contributed by atoms with Gasteiger partial charge in [0, 0.05) is 11.5 Å². The molecule has 0 aliphatic carbocycles. The molecule has 272 valence electrons. The van der Waals surface area contributed by atoms with Gasteiger partial charge < -0.3 is 29.3 Å². The molecule has 0 radical (unpaired) electrons. The van der Waals surface area contributed by atoms with Gasteiger partial charge in [-0.05, 0) is 89.5 Å². The molecule has 49 heavy (non-hydrogen) atoms. The van der Waals surface area contributed by atoms with Crippen LogP contribution in [0, 0.1) is 0 Å². The van der Waals surface area contributed by atoms with Crippen molar-refractivity contribution in [3.63, 3.8) is 0 Å². The summed E-state index contributed by atoms with van der Waals surface area (Å²) < 4.78 is 65.9. The van der Waals surface area contributed by atoms with E-state index in [1.807, 2.05) is 6.07 Å². The molecule has 0 unspecified atom stereocenters. The Morgan fingerprint density at radius 1 is 0.959 bits per heavy atom. The summed E-state index contributed by atoms with van der Waals surface area (Å²) in [6, 6.07) is 11.7. The number of carbonyl (C=O) groups is 2. The second-order valence-corrected chi connectivity index (χ2v) is 19.0. The number of nitrogens with two attached hydrogens (primary N) is 1.